The Kier molecular flexibility index (Phi) is 4.74. The summed E-state index contributed by atoms with van der Waals surface area (Å²) >= 11 is 1.30. The van der Waals surface area contributed by atoms with Crippen LogP contribution in [0, 0.1) is 0 Å². The molecule has 0 aliphatic rings. The number of hydrogen-bond acceptors (Lipinski definition) is 6. The molecule has 1 aromatic carbocycles. The minimum atomic E-state index is -0.641. The quantitative estimate of drug-likeness (QED) is 0.705. The fourth-order valence-corrected chi connectivity index (χ4v) is 2.97. The second kappa shape index (κ2) is 7.12. The van der Waals surface area contributed by atoms with Crippen LogP contribution in [0.3, 0.4) is 0 Å². The molecule has 2 heterocycles. The number of rotatable bonds is 6. The van der Waals surface area contributed by atoms with Crippen LogP contribution in [0.2, 0.25) is 0 Å². The molecule has 0 fully saturated rings. The largest absolute Gasteiger partial charge is 0.391 e. The summed E-state index contributed by atoms with van der Waals surface area (Å²) in [7, 11) is 0. The van der Waals surface area contributed by atoms with Crippen molar-refractivity contribution in [2.45, 2.75) is 12.5 Å². The minimum absolute atomic E-state index is 0.181. The molecule has 0 aliphatic heterocycles. The van der Waals surface area contributed by atoms with Crippen LogP contribution in [0.25, 0.3) is 5.69 Å². The van der Waals surface area contributed by atoms with Gasteiger partial charge in [0, 0.05) is 13.0 Å². The van der Waals surface area contributed by atoms with Gasteiger partial charge in [0.05, 0.1) is 11.8 Å². The first-order valence-electron chi connectivity index (χ1n) is 7.05. The van der Waals surface area contributed by atoms with Gasteiger partial charge < -0.3 is 10.4 Å². The number of amides is 1. The zero-order chi connectivity index (χ0) is 16.1. The van der Waals surface area contributed by atoms with Gasteiger partial charge in [0.2, 0.25) is 0 Å². The number of thiophene rings is 1. The molecule has 2 aromatic heterocycles. The van der Waals surface area contributed by atoms with E-state index in [2.05, 4.69) is 20.8 Å². The number of benzene rings is 1. The normalized spacial score (nSPS) is 12.0. The molecule has 0 aliphatic carbocycles. The molecular weight excluding hydrogens is 314 g/mol. The van der Waals surface area contributed by atoms with Gasteiger partial charge in [0.25, 0.3) is 5.91 Å². The van der Waals surface area contributed by atoms with Crippen molar-refractivity contribution in [2.24, 2.45) is 0 Å². The molecule has 0 bridgehead atoms. The smallest absolute Gasteiger partial charge is 0.263 e. The molecule has 118 valence electrons. The SMILES string of the molecule is O=C(NCC(O)Cc1ccccc1)c1sccc1-n1cnnn1. The number of aliphatic hydroxyl groups is 1. The van der Waals surface area contributed by atoms with Crippen molar-refractivity contribution in [1.29, 1.82) is 0 Å². The topological polar surface area (TPSA) is 92.9 Å². The fourth-order valence-electron chi connectivity index (χ4n) is 2.17. The summed E-state index contributed by atoms with van der Waals surface area (Å²) in [5, 5.41) is 25.5. The average molecular weight is 329 g/mol. The number of hydrogen-bond donors (Lipinski definition) is 2. The fraction of sp³-hybridized carbons (Fsp3) is 0.200. The summed E-state index contributed by atoms with van der Waals surface area (Å²) in [6.45, 7) is 0.181. The van der Waals surface area contributed by atoms with Gasteiger partial charge in [-0.3, -0.25) is 4.79 Å². The molecular formula is C15H15N5O2S. The van der Waals surface area contributed by atoms with Crippen LogP contribution in [0.15, 0.2) is 48.1 Å². The highest BCUT2D eigenvalue weighted by atomic mass is 32.1. The van der Waals surface area contributed by atoms with E-state index < -0.39 is 6.10 Å². The second-order valence-electron chi connectivity index (χ2n) is 4.94. The maximum absolute atomic E-state index is 12.3. The molecule has 0 saturated carbocycles. The Balaban J connectivity index is 1.59. The standard InChI is InChI=1S/C15H15N5O2S/c21-12(8-11-4-2-1-3-5-11)9-16-15(22)14-13(6-7-23-14)20-10-17-18-19-20/h1-7,10,12,21H,8-9H2,(H,16,22). The van der Waals surface area contributed by atoms with E-state index >= 15 is 0 Å². The van der Waals surface area contributed by atoms with Gasteiger partial charge in [-0.15, -0.1) is 16.4 Å². The molecule has 8 heteroatoms. The molecule has 2 N–H and O–H groups in total. The third-order valence-electron chi connectivity index (χ3n) is 3.26. The predicted molar refractivity (Wildman–Crippen MR) is 85.5 cm³/mol. The Labute approximate surface area is 136 Å². The number of tetrazole rings is 1. The zero-order valence-corrected chi connectivity index (χ0v) is 13.0. The molecule has 0 spiro atoms. The summed E-state index contributed by atoms with van der Waals surface area (Å²) in [5.74, 6) is -0.252. The van der Waals surface area contributed by atoms with Crippen molar-refractivity contribution in [1.82, 2.24) is 25.5 Å². The molecule has 3 rings (SSSR count). The highest BCUT2D eigenvalue weighted by molar-refractivity contribution is 7.12. The maximum Gasteiger partial charge on any atom is 0.263 e. The summed E-state index contributed by atoms with van der Waals surface area (Å²) in [4.78, 5) is 12.8. The first-order chi connectivity index (χ1) is 11.2. The van der Waals surface area contributed by atoms with Crippen LogP contribution in [-0.2, 0) is 6.42 Å². The number of nitrogens with zero attached hydrogens (tertiary/aromatic N) is 4. The van der Waals surface area contributed by atoms with Crippen molar-refractivity contribution >= 4 is 17.2 Å². The molecule has 7 nitrogen and oxygen atoms in total. The van der Waals surface area contributed by atoms with Crippen LogP contribution in [0.5, 0.6) is 0 Å². The summed E-state index contributed by atoms with van der Waals surface area (Å²) in [6, 6.07) is 11.4. The van der Waals surface area contributed by atoms with Crippen LogP contribution in [-0.4, -0.2) is 43.9 Å². The van der Waals surface area contributed by atoms with Gasteiger partial charge in [0.15, 0.2) is 0 Å². The van der Waals surface area contributed by atoms with Gasteiger partial charge in [0.1, 0.15) is 11.2 Å². The van der Waals surface area contributed by atoms with Gasteiger partial charge in [-0.1, -0.05) is 30.3 Å². The second-order valence-corrected chi connectivity index (χ2v) is 5.86. The molecule has 23 heavy (non-hydrogen) atoms. The van der Waals surface area contributed by atoms with E-state index in [-0.39, 0.29) is 12.5 Å². The van der Waals surface area contributed by atoms with Gasteiger partial charge >= 0.3 is 0 Å². The van der Waals surface area contributed by atoms with Crippen molar-refractivity contribution in [2.75, 3.05) is 6.54 Å². The lowest BCUT2D eigenvalue weighted by Crippen LogP contribution is -2.33. The van der Waals surface area contributed by atoms with Crippen molar-refractivity contribution < 1.29 is 9.90 Å². The average Bonchev–Trinajstić information content (AvgIpc) is 3.24. The maximum atomic E-state index is 12.3. The zero-order valence-electron chi connectivity index (χ0n) is 12.2. The van der Waals surface area contributed by atoms with E-state index in [1.807, 2.05) is 30.3 Å². The lowest BCUT2D eigenvalue weighted by Gasteiger charge is -2.12. The Morgan fingerprint density at radius 3 is 2.87 bits per heavy atom. The highest BCUT2D eigenvalue weighted by Crippen LogP contribution is 2.19. The number of nitrogens with one attached hydrogen (secondary N) is 1. The third-order valence-corrected chi connectivity index (χ3v) is 4.16. The Morgan fingerprint density at radius 1 is 1.30 bits per heavy atom. The van der Waals surface area contributed by atoms with Crippen LogP contribution in [0.1, 0.15) is 15.2 Å². The van der Waals surface area contributed by atoms with Crippen molar-refractivity contribution in [3.05, 3.63) is 58.5 Å². The molecule has 1 amide bonds. The first-order valence-corrected chi connectivity index (χ1v) is 7.93. The van der Waals surface area contributed by atoms with Gasteiger partial charge in [-0.2, -0.15) is 4.68 Å². The lowest BCUT2D eigenvalue weighted by atomic mass is 10.1. The monoisotopic (exact) mass is 329 g/mol. The third kappa shape index (κ3) is 3.79. The molecule has 0 radical (unpaired) electrons. The number of carbonyl (C=O) groups excluding carboxylic acids is 1. The first kappa shape index (κ1) is 15.3. The van der Waals surface area contributed by atoms with E-state index in [0.29, 0.717) is 17.0 Å². The molecule has 1 unspecified atom stereocenters. The summed E-state index contributed by atoms with van der Waals surface area (Å²) in [6.07, 6.45) is 1.28. The van der Waals surface area contributed by atoms with E-state index in [1.54, 1.807) is 11.4 Å². The number of carbonyl (C=O) groups is 1. The van der Waals surface area contributed by atoms with E-state index in [9.17, 15) is 9.90 Å². The van der Waals surface area contributed by atoms with Gasteiger partial charge in [-0.05, 0) is 27.4 Å². The highest BCUT2D eigenvalue weighted by Gasteiger charge is 2.16. The Hall–Kier alpha value is -2.58. The van der Waals surface area contributed by atoms with Crippen LogP contribution < -0.4 is 5.32 Å². The lowest BCUT2D eigenvalue weighted by molar-refractivity contribution is 0.0920. The van der Waals surface area contributed by atoms with Crippen molar-refractivity contribution in [3.63, 3.8) is 0 Å². The van der Waals surface area contributed by atoms with Crippen LogP contribution >= 0.6 is 11.3 Å². The minimum Gasteiger partial charge on any atom is -0.391 e. The molecule has 3 aromatic rings. The Bertz CT molecular complexity index is 757. The van der Waals surface area contributed by atoms with E-state index in [1.165, 1.54) is 22.3 Å². The predicted octanol–water partition coefficient (Wildman–Crippen LogP) is 1.06. The summed E-state index contributed by atoms with van der Waals surface area (Å²) in [5.41, 5.74) is 1.65. The van der Waals surface area contributed by atoms with Gasteiger partial charge in [-0.25, -0.2) is 0 Å². The van der Waals surface area contributed by atoms with Crippen LogP contribution in [0.4, 0.5) is 0 Å². The number of aliphatic hydroxyl groups excluding tert-OH is 1. The molecule has 0 saturated heterocycles. The van der Waals surface area contributed by atoms with Crippen molar-refractivity contribution in [3.8, 4) is 5.69 Å². The number of aromatic nitrogens is 4. The van der Waals surface area contributed by atoms with E-state index in [0.717, 1.165) is 5.56 Å². The Morgan fingerprint density at radius 2 is 2.13 bits per heavy atom. The van der Waals surface area contributed by atoms with E-state index in [4.69, 9.17) is 0 Å². The summed E-state index contributed by atoms with van der Waals surface area (Å²) < 4.78 is 1.44. The molecule has 1 atom stereocenters.